The fourth-order valence-corrected chi connectivity index (χ4v) is 2.62. The predicted octanol–water partition coefficient (Wildman–Crippen LogP) is 4.89. The van der Waals surface area contributed by atoms with Gasteiger partial charge in [-0.15, -0.1) is 0 Å². The summed E-state index contributed by atoms with van der Waals surface area (Å²) in [4.78, 5) is 0. The molecular weight excluding hydrogens is 277 g/mol. The summed E-state index contributed by atoms with van der Waals surface area (Å²) < 4.78 is 0. The van der Waals surface area contributed by atoms with Crippen LogP contribution >= 0.6 is 23.2 Å². The van der Waals surface area contributed by atoms with Crippen LogP contribution in [0.25, 0.3) is 0 Å². The third kappa shape index (κ3) is 3.73. The summed E-state index contributed by atoms with van der Waals surface area (Å²) in [6.07, 6.45) is 0.898. The quantitative estimate of drug-likeness (QED) is 0.828. The molecule has 0 heterocycles. The van der Waals surface area contributed by atoms with E-state index in [9.17, 15) is 0 Å². The molecule has 0 bridgehead atoms. The molecule has 0 spiro atoms. The highest BCUT2D eigenvalue weighted by molar-refractivity contribution is 6.42. The van der Waals surface area contributed by atoms with Gasteiger partial charge in [-0.3, -0.25) is 0 Å². The summed E-state index contributed by atoms with van der Waals surface area (Å²) in [6.45, 7) is 2.98. The van der Waals surface area contributed by atoms with Crippen LogP contribution in [0.15, 0.2) is 48.5 Å². The van der Waals surface area contributed by atoms with Crippen molar-refractivity contribution in [3.8, 4) is 0 Å². The minimum Gasteiger partial charge on any atom is -0.310 e. The van der Waals surface area contributed by atoms with Crippen molar-refractivity contribution < 1.29 is 0 Å². The number of hydrogen-bond acceptors (Lipinski definition) is 1. The van der Waals surface area contributed by atoms with E-state index in [0.717, 1.165) is 18.5 Å². The van der Waals surface area contributed by atoms with Crippen molar-refractivity contribution >= 4 is 23.2 Å². The molecule has 0 radical (unpaired) electrons. The average Bonchev–Trinajstić information content (AvgIpc) is 2.43. The molecule has 1 N–H and O–H groups in total. The van der Waals surface area contributed by atoms with Gasteiger partial charge >= 0.3 is 0 Å². The number of likely N-dealkylation sites (N-methyl/N-ethyl adjacent to an activating group) is 1. The molecule has 2 rings (SSSR count). The Balaban J connectivity index is 2.27. The third-order valence-corrected chi connectivity index (χ3v) is 3.92. The molecular formula is C16H17Cl2N. The van der Waals surface area contributed by atoms with E-state index in [1.165, 1.54) is 5.56 Å². The molecule has 1 nitrogen and oxygen atoms in total. The van der Waals surface area contributed by atoms with Crippen molar-refractivity contribution in [2.45, 2.75) is 19.4 Å². The van der Waals surface area contributed by atoms with Crippen LogP contribution in [0.3, 0.4) is 0 Å². The van der Waals surface area contributed by atoms with Crippen LogP contribution in [0, 0.1) is 0 Å². The van der Waals surface area contributed by atoms with E-state index in [2.05, 4.69) is 36.5 Å². The van der Waals surface area contributed by atoms with Crippen molar-refractivity contribution in [3.05, 3.63) is 69.7 Å². The summed E-state index contributed by atoms with van der Waals surface area (Å²) in [5.74, 6) is 0. The topological polar surface area (TPSA) is 12.0 Å². The second-order valence-electron chi connectivity index (χ2n) is 4.44. The Morgan fingerprint density at radius 1 is 1.00 bits per heavy atom. The number of benzene rings is 2. The van der Waals surface area contributed by atoms with E-state index in [-0.39, 0.29) is 6.04 Å². The van der Waals surface area contributed by atoms with Gasteiger partial charge in [-0.2, -0.15) is 0 Å². The van der Waals surface area contributed by atoms with Crippen LogP contribution in [-0.2, 0) is 6.42 Å². The van der Waals surface area contributed by atoms with Crippen LogP contribution in [0.2, 0.25) is 10.0 Å². The second kappa shape index (κ2) is 6.95. The van der Waals surface area contributed by atoms with Crippen molar-refractivity contribution in [1.29, 1.82) is 0 Å². The fraction of sp³-hybridized carbons (Fsp3) is 0.250. The first kappa shape index (κ1) is 14.4. The Morgan fingerprint density at radius 3 is 2.42 bits per heavy atom. The lowest BCUT2D eigenvalue weighted by Crippen LogP contribution is -2.23. The molecule has 0 aromatic heterocycles. The third-order valence-electron chi connectivity index (χ3n) is 3.09. The highest BCUT2D eigenvalue weighted by Gasteiger charge is 2.15. The van der Waals surface area contributed by atoms with Crippen LogP contribution in [-0.4, -0.2) is 6.54 Å². The van der Waals surface area contributed by atoms with E-state index >= 15 is 0 Å². The molecule has 0 aliphatic heterocycles. The average molecular weight is 294 g/mol. The maximum absolute atomic E-state index is 6.32. The zero-order valence-corrected chi connectivity index (χ0v) is 12.4. The van der Waals surface area contributed by atoms with Crippen molar-refractivity contribution in [2.24, 2.45) is 0 Å². The van der Waals surface area contributed by atoms with Gasteiger partial charge in [0.15, 0.2) is 0 Å². The van der Waals surface area contributed by atoms with Gasteiger partial charge in [0.2, 0.25) is 0 Å². The van der Waals surface area contributed by atoms with Crippen molar-refractivity contribution in [1.82, 2.24) is 5.32 Å². The minimum atomic E-state index is 0.179. The number of halogens is 2. The Kier molecular flexibility index (Phi) is 5.26. The van der Waals surface area contributed by atoms with Gasteiger partial charge in [-0.25, -0.2) is 0 Å². The van der Waals surface area contributed by atoms with Gasteiger partial charge in [-0.05, 0) is 30.2 Å². The molecule has 100 valence electrons. The predicted molar refractivity (Wildman–Crippen MR) is 83.0 cm³/mol. The van der Waals surface area contributed by atoms with Gasteiger partial charge in [0.25, 0.3) is 0 Å². The van der Waals surface area contributed by atoms with Crippen LogP contribution in [0.1, 0.15) is 24.1 Å². The molecule has 3 heteroatoms. The first-order valence-electron chi connectivity index (χ1n) is 6.43. The van der Waals surface area contributed by atoms with Gasteiger partial charge in [0.05, 0.1) is 10.0 Å². The lowest BCUT2D eigenvalue weighted by molar-refractivity contribution is 0.550. The van der Waals surface area contributed by atoms with Crippen molar-refractivity contribution in [3.63, 3.8) is 0 Å². The van der Waals surface area contributed by atoms with Crippen LogP contribution in [0.5, 0.6) is 0 Å². The summed E-state index contributed by atoms with van der Waals surface area (Å²) >= 11 is 12.4. The molecule has 0 fully saturated rings. The van der Waals surface area contributed by atoms with E-state index in [1.807, 2.05) is 24.3 Å². The number of rotatable bonds is 5. The maximum atomic E-state index is 6.32. The first-order valence-corrected chi connectivity index (χ1v) is 7.19. The Hall–Kier alpha value is -1.02. The van der Waals surface area contributed by atoms with Gasteiger partial charge in [0.1, 0.15) is 0 Å². The van der Waals surface area contributed by atoms with Gasteiger partial charge < -0.3 is 5.32 Å². The first-order chi connectivity index (χ1) is 9.22. The highest BCUT2D eigenvalue weighted by Crippen LogP contribution is 2.31. The second-order valence-corrected chi connectivity index (χ2v) is 5.23. The lowest BCUT2D eigenvalue weighted by Gasteiger charge is -2.20. The normalized spacial score (nSPS) is 12.4. The molecule has 2 aromatic rings. The molecule has 1 atom stereocenters. The largest absolute Gasteiger partial charge is 0.310 e. The van der Waals surface area contributed by atoms with Crippen molar-refractivity contribution in [2.75, 3.05) is 6.54 Å². The molecule has 0 aliphatic rings. The summed E-state index contributed by atoms with van der Waals surface area (Å²) in [5.41, 5.74) is 2.34. The molecule has 0 saturated carbocycles. The Bertz CT molecular complexity index is 526. The van der Waals surface area contributed by atoms with Crippen LogP contribution in [0.4, 0.5) is 0 Å². The number of hydrogen-bond donors (Lipinski definition) is 1. The fourth-order valence-electron chi connectivity index (χ4n) is 2.18. The maximum Gasteiger partial charge on any atom is 0.0640 e. The zero-order chi connectivity index (χ0) is 13.7. The smallest absolute Gasteiger partial charge is 0.0640 e. The van der Waals surface area contributed by atoms with E-state index in [1.54, 1.807) is 0 Å². The molecule has 0 aliphatic carbocycles. The monoisotopic (exact) mass is 293 g/mol. The minimum absolute atomic E-state index is 0.179. The van der Waals surface area contributed by atoms with Crippen LogP contribution < -0.4 is 5.32 Å². The van der Waals surface area contributed by atoms with E-state index < -0.39 is 0 Å². The standard InChI is InChI=1S/C16H17Cl2N/c1-2-19-15(11-12-7-4-3-5-8-12)13-9-6-10-14(17)16(13)18/h3-10,15,19H,2,11H2,1H3. The van der Waals surface area contributed by atoms with E-state index in [0.29, 0.717) is 10.0 Å². The SMILES string of the molecule is CCNC(Cc1ccccc1)c1cccc(Cl)c1Cl. The number of nitrogens with one attached hydrogen (secondary N) is 1. The van der Waals surface area contributed by atoms with E-state index in [4.69, 9.17) is 23.2 Å². The summed E-state index contributed by atoms with van der Waals surface area (Å²) in [6, 6.07) is 16.4. The lowest BCUT2D eigenvalue weighted by atomic mass is 9.99. The highest BCUT2D eigenvalue weighted by atomic mass is 35.5. The molecule has 1 unspecified atom stereocenters. The molecule has 0 amide bonds. The summed E-state index contributed by atoms with van der Waals surface area (Å²) in [7, 11) is 0. The Labute approximate surface area is 124 Å². The zero-order valence-electron chi connectivity index (χ0n) is 10.9. The molecule has 19 heavy (non-hydrogen) atoms. The molecule has 0 saturated heterocycles. The Morgan fingerprint density at radius 2 is 1.74 bits per heavy atom. The van der Waals surface area contributed by atoms with Gasteiger partial charge in [-0.1, -0.05) is 72.6 Å². The molecule has 2 aromatic carbocycles. The van der Waals surface area contributed by atoms with Gasteiger partial charge in [0, 0.05) is 6.04 Å². The summed E-state index contributed by atoms with van der Waals surface area (Å²) in [5, 5.41) is 4.72.